The van der Waals surface area contributed by atoms with Crippen LogP contribution >= 0.6 is 0 Å². The molecule has 2 aromatic heterocycles. The molecule has 0 aliphatic carbocycles. The van der Waals surface area contributed by atoms with Crippen LogP contribution in [-0.4, -0.2) is 39.3 Å². The summed E-state index contributed by atoms with van der Waals surface area (Å²) < 4.78 is 58.6. The van der Waals surface area contributed by atoms with Gasteiger partial charge in [-0.15, -0.1) is 0 Å². The lowest BCUT2D eigenvalue weighted by atomic mass is 9.89. The highest BCUT2D eigenvalue weighted by molar-refractivity contribution is 5.79. The van der Waals surface area contributed by atoms with Crippen molar-refractivity contribution >= 4 is 22.5 Å². The van der Waals surface area contributed by atoms with Gasteiger partial charge in [0.05, 0.1) is 12.1 Å². The summed E-state index contributed by atoms with van der Waals surface area (Å²) in [6, 6.07) is 13.5. The Morgan fingerprint density at radius 1 is 1.20 bits per heavy atom. The third-order valence-corrected chi connectivity index (χ3v) is 7.61. The van der Waals surface area contributed by atoms with E-state index in [9.17, 15) is 23.3 Å². The zero-order chi connectivity index (χ0) is 28.2. The number of nitro groups is 1. The third kappa shape index (κ3) is 4.93. The molecule has 0 spiro atoms. The lowest BCUT2D eigenvalue weighted by Crippen LogP contribution is -2.40. The van der Waals surface area contributed by atoms with Gasteiger partial charge in [0.1, 0.15) is 29.9 Å². The van der Waals surface area contributed by atoms with E-state index in [0.717, 1.165) is 43.0 Å². The van der Waals surface area contributed by atoms with E-state index >= 15 is 0 Å². The third-order valence-electron chi connectivity index (χ3n) is 7.61. The second kappa shape index (κ2) is 9.46. The van der Waals surface area contributed by atoms with Gasteiger partial charge >= 0.3 is 18.0 Å². The maximum atomic E-state index is 13.1. The van der Waals surface area contributed by atoms with Crippen LogP contribution in [0.15, 0.2) is 59.1 Å². The Morgan fingerprint density at radius 3 is 2.65 bits per heavy atom. The first-order valence-electron chi connectivity index (χ1n) is 13.0. The van der Waals surface area contributed by atoms with Crippen molar-refractivity contribution < 1.29 is 32.0 Å². The maximum Gasteiger partial charge on any atom is 0.416 e. The Kier molecular flexibility index (Phi) is 6.15. The smallest absolute Gasteiger partial charge is 0.416 e. The molecule has 1 fully saturated rings. The second-order valence-corrected chi connectivity index (χ2v) is 10.8. The van der Waals surface area contributed by atoms with Gasteiger partial charge in [-0.1, -0.05) is 0 Å². The fourth-order valence-corrected chi connectivity index (χ4v) is 5.58. The van der Waals surface area contributed by atoms with Gasteiger partial charge in [-0.25, -0.2) is 0 Å². The molecule has 2 aromatic carbocycles. The monoisotopic (exact) mass is 556 g/mol. The van der Waals surface area contributed by atoms with Crippen LogP contribution in [0.4, 0.5) is 24.7 Å². The van der Waals surface area contributed by atoms with Gasteiger partial charge in [0, 0.05) is 34.6 Å². The number of benzene rings is 2. The second-order valence-electron chi connectivity index (χ2n) is 10.8. The van der Waals surface area contributed by atoms with Gasteiger partial charge < -0.3 is 28.9 Å². The molecular formula is C28H27F3N4O5. The molecule has 210 valence electrons. The summed E-state index contributed by atoms with van der Waals surface area (Å²) in [6.45, 7) is 5.41. The largest absolute Gasteiger partial charge is 0.489 e. The van der Waals surface area contributed by atoms with E-state index in [1.165, 1.54) is 12.3 Å². The molecule has 4 heterocycles. The van der Waals surface area contributed by atoms with Crippen LogP contribution in [0, 0.1) is 10.1 Å². The molecule has 12 heteroatoms. The Morgan fingerprint density at radius 2 is 1.98 bits per heavy atom. The molecule has 0 radical (unpaired) electrons. The Balaban J connectivity index is 1.06. The van der Waals surface area contributed by atoms with Gasteiger partial charge in [-0.2, -0.15) is 13.2 Å². The number of nitrogens with zero attached hydrogens (tertiary/aromatic N) is 4. The Labute approximate surface area is 227 Å². The minimum Gasteiger partial charge on any atom is -0.489 e. The highest BCUT2D eigenvalue weighted by Crippen LogP contribution is 2.39. The Bertz CT molecular complexity index is 1540. The lowest BCUT2D eigenvalue weighted by Gasteiger charge is -2.38. The summed E-state index contributed by atoms with van der Waals surface area (Å²) in [5.41, 5.74) is 0.147. The van der Waals surface area contributed by atoms with E-state index < -0.39 is 22.3 Å². The number of piperidine rings is 1. The van der Waals surface area contributed by atoms with E-state index in [0.29, 0.717) is 23.3 Å². The summed E-state index contributed by atoms with van der Waals surface area (Å²) in [6.07, 6.45) is -1.40. The van der Waals surface area contributed by atoms with Crippen molar-refractivity contribution in [2.75, 3.05) is 18.1 Å². The molecule has 2 aliphatic rings. The first-order chi connectivity index (χ1) is 19.0. The van der Waals surface area contributed by atoms with Crippen molar-refractivity contribution in [3.63, 3.8) is 0 Å². The van der Waals surface area contributed by atoms with Crippen molar-refractivity contribution in [3.05, 3.63) is 76.2 Å². The fraction of sp³-hybridized carbons (Fsp3) is 0.393. The van der Waals surface area contributed by atoms with E-state index in [-0.39, 0.29) is 30.4 Å². The van der Waals surface area contributed by atoms with Crippen LogP contribution in [0.25, 0.3) is 11.0 Å². The van der Waals surface area contributed by atoms with Crippen molar-refractivity contribution in [1.29, 1.82) is 0 Å². The first kappa shape index (κ1) is 26.0. The summed E-state index contributed by atoms with van der Waals surface area (Å²) >= 11 is 0. The molecule has 3 atom stereocenters. The number of furan rings is 1. The molecule has 0 N–H and O–H groups in total. The predicted molar refractivity (Wildman–Crippen MR) is 140 cm³/mol. The van der Waals surface area contributed by atoms with E-state index in [1.807, 2.05) is 31.2 Å². The number of alkyl halides is 3. The van der Waals surface area contributed by atoms with Crippen molar-refractivity contribution in [1.82, 2.24) is 9.55 Å². The van der Waals surface area contributed by atoms with Crippen LogP contribution in [0.2, 0.25) is 0 Å². The fourth-order valence-electron chi connectivity index (χ4n) is 5.58. The topological polar surface area (TPSA) is 95.8 Å². The number of aromatic nitrogens is 2. The van der Waals surface area contributed by atoms with E-state index in [4.69, 9.17) is 13.9 Å². The standard InChI is InChI=1S/C28H27F3N4O5/c1-17-11-18(24-13-19-12-20(28(29,30)31)3-8-23(19)39-24)9-10-34(17)21-4-6-22(7-5-21)38-16-27(2)15-33-14-25(35(36)37)32-26(33)40-27/h3-8,12-14,17-18H,9-11,15-16H2,1-2H3. The molecule has 6 rings (SSSR count). The van der Waals surface area contributed by atoms with Gasteiger partial charge in [0.25, 0.3) is 0 Å². The minimum absolute atomic E-state index is 0.124. The van der Waals surface area contributed by atoms with Crippen molar-refractivity contribution in [3.8, 4) is 11.8 Å². The highest BCUT2D eigenvalue weighted by Gasteiger charge is 2.41. The zero-order valence-corrected chi connectivity index (χ0v) is 21.9. The SMILES string of the molecule is CC1CC(c2cc3cc(C(F)(F)F)ccc3o2)CCN1c1ccc(OCC2(C)Cn3cc([N+](=O)[O-])nc3O2)cc1. The quantitative estimate of drug-likeness (QED) is 0.196. The normalized spacial score (nSPS) is 22.8. The first-order valence-corrected chi connectivity index (χ1v) is 13.0. The summed E-state index contributed by atoms with van der Waals surface area (Å²) in [4.78, 5) is 16.5. The van der Waals surface area contributed by atoms with Gasteiger partial charge in [0.15, 0.2) is 5.60 Å². The van der Waals surface area contributed by atoms with Crippen LogP contribution in [0.3, 0.4) is 0 Å². The van der Waals surface area contributed by atoms with Crippen LogP contribution < -0.4 is 14.4 Å². The molecule has 0 bridgehead atoms. The molecule has 40 heavy (non-hydrogen) atoms. The van der Waals surface area contributed by atoms with Gasteiger partial charge in [0.2, 0.25) is 0 Å². The number of hydrogen-bond acceptors (Lipinski definition) is 7. The van der Waals surface area contributed by atoms with E-state index in [1.54, 1.807) is 10.6 Å². The summed E-state index contributed by atoms with van der Waals surface area (Å²) in [5.74, 6) is 1.28. The Hall–Kier alpha value is -4.22. The molecule has 3 unspecified atom stereocenters. The predicted octanol–water partition coefficient (Wildman–Crippen LogP) is 6.56. The van der Waals surface area contributed by atoms with Crippen LogP contribution in [0.5, 0.6) is 11.8 Å². The number of anilines is 1. The molecule has 0 saturated carbocycles. The number of ether oxygens (including phenoxy) is 2. The van der Waals surface area contributed by atoms with Gasteiger partial charge in [-0.05, 0) is 80.1 Å². The van der Waals surface area contributed by atoms with Crippen molar-refractivity contribution in [2.45, 2.75) is 57.0 Å². The lowest BCUT2D eigenvalue weighted by molar-refractivity contribution is -0.389. The number of rotatable bonds is 6. The molecule has 2 aliphatic heterocycles. The zero-order valence-electron chi connectivity index (χ0n) is 21.9. The average molecular weight is 557 g/mol. The summed E-state index contributed by atoms with van der Waals surface area (Å²) in [5, 5.41) is 11.4. The molecular weight excluding hydrogens is 529 g/mol. The number of imidazole rings is 1. The van der Waals surface area contributed by atoms with Crippen molar-refractivity contribution in [2.24, 2.45) is 0 Å². The highest BCUT2D eigenvalue weighted by atomic mass is 19.4. The van der Waals surface area contributed by atoms with E-state index in [2.05, 4.69) is 16.8 Å². The number of halogens is 3. The maximum absolute atomic E-state index is 13.1. The molecule has 0 amide bonds. The number of fused-ring (bicyclic) bond motifs is 2. The van der Waals surface area contributed by atoms with Crippen LogP contribution in [-0.2, 0) is 12.7 Å². The van der Waals surface area contributed by atoms with Gasteiger partial charge in [-0.3, -0.25) is 4.57 Å². The van der Waals surface area contributed by atoms with Crippen LogP contribution in [0.1, 0.15) is 43.9 Å². The molecule has 1 saturated heterocycles. The minimum atomic E-state index is -4.39. The molecule has 9 nitrogen and oxygen atoms in total. The average Bonchev–Trinajstić information content (AvgIpc) is 3.58. The number of hydrogen-bond donors (Lipinski definition) is 0. The summed E-state index contributed by atoms with van der Waals surface area (Å²) in [7, 11) is 0. The molecule has 4 aromatic rings.